The van der Waals surface area contributed by atoms with E-state index in [2.05, 4.69) is 0 Å². The molecule has 0 heterocycles. The highest BCUT2D eigenvalue weighted by atomic mass is 35.5. The predicted molar refractivity (Wildman–Crippen MR) is 53.9 cm³/mol. The zero-order chi connectivity index (χ0) is 10.9. The largest absolute Gasteiger partial charge is 0.506 e. The number of halogens is 1. The number of aryl methyl sites for hydroxylation is 1. The summed E-state index contributed by atoms with van der Waals surface area (Å²) in [4.78, 5) is 10.5. The van der Waals surface area contributed by atoms with Gasteiger partial charge in [-0.15, -0.1) is 0 Å². The Balaban J connectivity index is 3.25. The normalized spacial score (nSPS) is 10.2. The highest BCUT2D eigenvalue weighted by molar-refractivity contribution is 6.32. The van der Waals surface area contributed by atoms with Crippen LogP contribution in [0.25, 0.3) is 0 Å². The van der Waals surface area contributed by atoms with Gasteiger partial charge in [0.2, 0.25) is 0 Å². The SMILES string of the molecule is Cc1cc(CC(=O)O)c(C)c(O)c1Cl. The lowest BCUT2D eigenvalue weighted by molar-refractivity contribution is -0.136. The van der Waals surface area contributed by atoms with Crippen LogP contribution in [0, 0.1) is 13.8 Å². The van der Waals surface area contributed by atoms with E-state index in [1.165, 1.54) is 0 Å². The number of benzene rings is 1. The van der Waals surface area contributed by atoms with Gasteiger partial charge in [0.25, 0.3) is 0 Å². The van der Waals surface area contributed by atoms with Crippen molar-refractivity contribution in [3.63, 3.8) is 0 Å². The van der Waals surface area contributed by atoms with Crippen molar-refractivity contribution in [3.8, 4) is 5.75 Å². The van der Waals surface area contributed by atoms with Crippen LogP contribution in [0.4, 0.5) is 0 Å². The molecule has 0 fully saturated rings. The Morgan fingerprint density at radius 3 is 2.57 bits per heavy atom. The molecule has 0 bridgehead atoms. The fraction of sp³-hybridized carbons (Fsp3) is 0.300. The third kappa shape index (κ3) is 1.99. The van der Waals surface area contributed by atoms with Gasteiger partial charge in [-0.1, -0.05) is 17.7 Å². The van der Waals surface area contributed by atoms with Gasteiger partial charge in [0.15, 0.2) is 0 Å². The molecule has 3 nitrogen and oxygen atoms in total. The van der Waals surface area contributed by atoms with Crippen LogP contribution in [0.2, 0.25) is 5.02 Å². The molecule has 0 radical (unpaired) electrons. The zero-order valence-corrected chi connectivity index (χ0v) is 8.72. The van der Waals surface area contributed by atoms with E-state index in [4.69, 9.17) is 16.7 Å². The first-order valence-electron chi connectivity index (χ1n) is 4.12. The van der Waals surface area contributed by atoms with Crippen molar-refractivity contribution in [1.82, 2.24) is 0 Å². The Kier molecular flexibility index (Phi) is 3.01. The summed E-state index contributed by atoms with van der Waals surface area (Å²) in [5, 5.41) is 18.5. The number of phenolic OH excluding ortho intramolecular Hbond substituents is 1. The monoisotopic (exact) mass is 214 g/mol. The third-order valence-corrected chi connectivity index (χ3v) is 2.60. The Hall–Kier alpha value is -1.22. The number of hydrogen-bond donors (Lipinski definition) is 2. The van der Waals surface area contributed by atoms with Crippen LogP contribution < -0.4 is 0 Å². The molecular weight excluding hydrogens is 204 g/mol. The lowest BCUT2D eigenvalue weighted by atomic mass is 10.0. The first-order chi connectivity index (χ1) is 6.43. The van der Waals surface area contributed by atoms with Crippen molar-refractivity contribution in [2.45, 2.75) is 20.3 Å². The highest BCUT2D eigenvalue weighted by Crippen LogP contribution is 2.32. The molecule has 0 saturated carbocycles. The number of rotatable bonds is 2. The number of carboxylic acid groups (broad SMARTS) is 1. The highest BCUT2D eigenvalue weighted by Gasteiger charge is 2.12. The quantitative estimate of drug-likeness (QED) is 0.794. The van der Waals surface area contributed by atoms with Crippen LogP contribution in [0.5, 0.6) is 5.75 Å². The maximum absolute atomic E-state index is 10.5. The first-order valence-corrected chi connectivity index (χ1v) is 4.50. The molecule has 0 aromatic heterocycles. The van der Waals surface area contributed by atoms with E-state index < -0.39 is 5.97 Å². The molecule has 0 aliphatic carbocycles. The van der Waals surface area contributed by atoms with E-state index in [1.54, 1.807) is 19.9 Å². The van der Waals surface area contributed by atoms with Crippen molar-refractivity contribution >= 4 is 17.6 Å². The van der Waals surface area contributed by atoms with Gasteiger partial charge in [-0.05, 0) is 30.5 Å². The van der Waals surface area contributed by atoms with Crippen LogP contribution in [-0.4, -0.2) is 16.2 Å². The molecule has 1 aromatic carbocycles. The van der Waals surface area contributed by atoms with Crippen LogP contribution >= 0.6 is 11.6 Å². The minimum Gasteiger partial charge on any atom is -0.506 e. The first kappa shape index (κ1) is 10.9. The van der Waals surface area contributed by atoms with Crippen molar-refractivity contribution in [1.29, 1.82) is 0 Å². The second-order valence-corrected chi connectivity index (χ2v) is 3.59. The smallest absolute Gasteiger partial charge is 0.307 e. The van der Waals surface area contributed by atoms with Crippen molar-refractivity contribution < 1.29 is 15.0 Å². The fourth-order valence-electron chi connectivity index (χ4n) is 1.28. The van der Waals surface area contributed by atoms with Gasteiger partial charge in [0, 0.05) is 0 Å². The van der Waals surface area contributed by atoms with E-state index >= 15 is 0 Å². The lowest BCUT2D eigenvalue weighted by Gasteiger charge is -2.09. The molecule has 1 rings (SSSR count). The van der Waals surface area contributed by atoms with E-state index in [1.807, 2.05) is 0 Å². The Bertz CT molecular complexity index is 385. The van der Waals surface area contributed by atoms with E-state index in [0.717, 1.165) is 0 Å². The van der Waals surface area contributed by atoms with Gasteiger partial charge < -0.3 is 10.2 Å². The molecule has 4 heteroatoms. The summed E-state index contributed by atoms with van der Waals surface area (Å²) in [5.41, 5.74) is 1.81. The van der Waals surface area contributed by atoms with Gasteiger partial charge in [-0.2, -0.15) is 0 Å². The van der Waals surface area contributed by atoms with E-state index in [-0.39, 0.29) is 17.2 Å². The van der Waals surface area contributed by atoms with Crippen molar-refractivity contribution in [3.05, 3.63) is 27.8 Å². The number of carbonyl (C=O) groups is 1. The van der Waals surface area contributed by atoms with Crippen LogP contribution in [0.15, 0.2) is 6.07 Å². The topological polar surface area (TPSA) is 57.5 Å². The predicted octanol–water partition coefficient (Wildman–Crippen LogP) is 2.29. The molecule has 0 atom stereocenters. The molecule has 76 valence electrons. The van der Waals surface area contributed by atoms with Crippen LogP contribution in [0.1, 0.15) is 16.7 Å². The maximum atomic E-state index is 10.5. The summed E-state index contributed by atoms with van der Waals surface area (Å²) in [6, 6.07) is 1.69. The molecule has 0 amide bonds. The number of aliphatic carboxylic acids is 1. The average molecular weight is 215 g/mol. The summed E-state index contributed by atoms with van der Waals surface area (Å²) >= 11 is 5.79. The third-order valence-electron chi connectivity index (χ3n) is 2.12. The lowest BCUT2D eigenvalue weighted by Crippen LogP contribution is -2.02. The van der Waals surface area contributed by atoms with E-state index in [0.29, 0.717) is 16.7 Å². The minimum atomic E-state index is -0.922. The molecule has 0 aliphatic heterocycles. The number of phenols is 1. The Morgan fingerprint density at radius 1 is 1.50 bits per heavy atom. The van der Waals surface area contributed by atoms with E-state index in [9.17, 15) is 9.90 Å². The van der Waals surface area contributed by atoms with Crippen molar-refractivity contribution in [2.24, 2.45) is 0 Å². The zero-order valence-electron chi connectivity index (χ0n) is 7.97. The summed E-state index contributed by atoms with van der Waals surface area (Å²) in [6.07, 6.45) is -0.0998. The number of aromatic hydroxyl groups is 1. The number of carboxylic acids is 1. The summed E-state index contributed by atoms with van der Waals surface area (Å²) in [5.74, 6) is -0.947. The molecule has 0 spiro atoms. The van der Waals surface area contributed by atoms with Crippen LogP contribution in [0.3, 0.4) is 0 Å². The maximum Gasteiger partial charge on any atom is 0.307 e. The molecular formula is C10H11ClO3. The molecule has 1 aromatic rings. The Labute approximate surface area is 86.9 Å². The second-order valence-electron chi connectivity index (χ2n) is 3.21. The second kappa shape index (κ2) is 3.88. The van der Waals surface area contributed by atoms with Crippen molar-refractivity contribution in [2.75, 3.05) is 0 Å². The average Bonchev–Trinajstić information content (AvgIpc) is 2.10. The molecule has 14 heavy (non-hydrogen) atoms. The van der Waals surface area contributed by atoms with Gasteiger partial charge in [-0.3, -0.25) is 4.79 Å². The van der Waals surface area contributed by atoms with Gasteiger partial charge >= 0.3 is 5.97 Å². The van der Waals surface area contributed by atoms with Gasteiger partial charge in [0.05, 0.1) is 11.4 Å². The fourth-order valence-corrected chi connectivity index (χ4v) is 1.48. The number of hydrogen-bond acceptors (Lipinski definition) is 2. The Morgan fingerprint density at radius 2 is 2.07 bits per heavy atom. The molecule has 0 saturated heterocycles. The molecule has 0 aliphatic rings. The van der Waals surface area contributed by atoms with Gasteiger partial charge in [0.1, 0.15) is 5.75 Å². The summed E-state index contributed by atoms with van der Waals surface area (Å²) in [7, 11) is 0. The van der Waals surface area contributed by atoms with Gasteiger partial charge in [-0.25, -0.2) is 0 Å². The standard InChI is InChI=1S/C10H11ClO3/c1-5-3-7(4-8(12)13)6(2)10(14)9(5)11/h3,14H,4H2,1-2H3,(H,12,13). The minimum absolute atomic E-state index is 0.0251. The summed E-state index contributed by atoms with van der Waals surface area (Å²) in [6.45, 7) is 3.38. The molecule has 2 N–H and O–H groups in total. The van der Waals surface area contributed by atoms with Crippen LogP contribution in [-0.2, 0) is 11.2 Å². The summed E-state index contributed by atoms with van der Waals surface area (Å²) < 4.78 is 0. The molecule has 0 unspecified atom stereocenters.